The van der Waals surface area contributed by atoms with Crippen molar-refractivity contribution in [3.8, 4) is 22.6 Å². The number of ketones is 1. The molecule has 1 aliphatic carbocycles. The van der Waals surface area contributed by atoms with Crippen molar-refractivity contribution in [2.45, 2.75) is 83.3 Å². The van der Waals surface area contributed by atoms with E-state index in [1.54, 1.807) is 6.92 Å². The molecule has 3 aliphatic rings. The number of nitrogens with one attached hydrogen (secondary N) is 2. The molecule has 1 amide bonds. The van der Waals surface area contributed by atoms with Gasteiger partial charge in [0.25, 0.3) is 11.7 Å². The van der Waals surface area contributed by atoms with Crippen molar-refractivity contribution in [3.05, 3.63) is 177 Å². The summed E-state index contributed by atoms with van der Waals surface area (Å²) in [5.41, 5.74) is 12.9. The fraction of sp³-hybridized carbons (Fsp3) is 0.269. The van der Waals surface area contributed by atoms with Crippen LogP contribution in [0.2, 0.25) is 0 Å². The van der Waals surface area contributed by atoms with Gasteiger partial charge in [-0.25, -0.2) is 0 Å². The van der Waals surface area contributed by atoms with E-state index in [9.17, 15) is 9.59 Å². The minimum absolute atomic E-state index is 0.0501. The number of carbonyl (C=O) groups is 2. The third-order valence-corrected chi connectivity index (χ3v) is 12.9. The predicted octanol–water partition coefficient (Wildman–Crippen LogP) is 11.7. The van der Waals surface area contributed by atoms with Gasteiger partial charge < -0.3 is 20.1 Å². The number of benzene rings is 6. The molecule has 9 rings (SSSR count). The fourth-order valence-corrected chi connectivity index (χ4v) is 10.3. The third kappa shape index (κ3) is 5.75. The van der Waals surface area contributed by atoms with Gasteiger partial charge in [0.1, 0.15) is 11.5 Å². The normalized spacial score (nSPS) is 18.8. The molecular weight excluding hydrogens is 717 g/mol. The number of amides is 1. The Morgan fingerprint density at radius 1 is 0.569 bits per heavy atom. The van der Waals surface area contributed by atoms with E-state index < -0.39 is 11.2 Å². The molecule has 2 N–H and O–H groups in total. The van der Waals surface area contributed by atoms with Crippen LogP contribution in [0, 0.1) is 13.8 Å². The van der Waals surface area contributed by atoms with Crippen LogP contribution in [-0.4, -0.2) is 24.5 Å². The Kier molecular flexibility index (Phi) is 8.52. The van der Waals surface area contributed by atoms with Crippen LogP contribution >= 0.6 is 0 Å². The number of rotatable bonds is 6. The van der Waals surface area contributed by atoms with Gasteiger partial charge in [0.2, 0.25) is 0 Å². The summed E-state index contributed by atoms with van der Waals surface area (Å²) in [6.07, 6.45) is 1.22. The van der Waals surface area contributed by atoms with Crippen molar-refractivity contribution in [1.29, 1.82) is 0 Å². The van der Waals surface area contributed by atoms with E-state index >= 15 is 0 Å². The summed E-state index contributed by atoms with van der Waals surface area (Å²) < 4.78 is 13.7. The molecule has 0 fully saturated rings. The number of fused-ring (bicyclic) bond motifs is 5. The Hall–Kier alpha value is -6.14. The summed E-state index contributed by atoms with van der Waals surface area (Å²) >= 11 is 0. The smallest absolute Gasteiger partial charge is 0.255 e. The molecule has 1 atom stereocenters. The highest BCUT2D eigenvalue weighted by Crippen LogP contribution is 2.57. The molecule has 1 unspecified atom stereocenters. The van der Waals surface area contributed by atoms with Crippen LogP contribution < -0.4 is 20.1 Å². The number of anilines is 2. The average molecular weight is 767 g/mol. The molecule has 0 saturated heterocycles. The van der Waals surface area contributed by atoms with Gasteiger partial charge in [0.05, 0.1) is 5.41 Å². The van der Waals surface area contributed by atoms with E-state index in [0.717, 1.165) is 56.3 Å². The predicted molar refractivity (Wildman–Crippen MR) is 233 cm³/mol. The number of hydrogen-bond acceptors (Lipinski definition) is 5. The molecular formula is C52H50N2O4. The highest BCUT2D eigenvalue weighted by Gasteiger charge is 2.53. The molecule has 6 aromatic rings. The van der Waals surface area contributed by atoms with Crippen LogP contribution in [0.25, 0.3) is 11.1 Å². The molecule has 2 heterocycles. The van der Waals surface area contributed by atoms with Crippen molar-refractivity contribution < 1.29 is 19.1 Å². The molecule has 0 bridgehead atoms. The maximum atomic E-state index is 14.2. The van der Waals surface area contributed by atoms with Gasteiger partial charge in [-0.2, -0.15) is 0 Å². The van der Waals surface area contributed by atoms with Gasteiger partial charge in [0, 0.05) is 64.3 Å². The number of carbonyl (C=O) groups excluding carboxylic acids is 2. The van der Waals surface area contributed by atoms with Crippen LogP contribution in [0.15, 0.2) is 121 Å². The lowest BCUT2D eigenvalue weighted by molar-refractivity contribution is -0.166. The maximum absolute atomic E-state index is 14.2. The first-order chi connectivity index (χ1) is 27.7. The van der Waals surface area contributed by atoms with Crippen molar-refractivity contribution in [3.63, 3.8) is 0 Å². The fourth-order valence-electron chi connectivity index (χ4n) is 10.3. The first-order valence-corrected chi connectivity index (χ1v) is 20.2. The Bertz CT molecular complexity index is 2610. The molecule has 6 heteroatoms. The highest BCUT2D eigenvalue weighted by molar-refractivity contribution is 6.05. The Morgan fingerprint density at radius 3 is 1.50 bits per heavy atom. The van der Waals surface area contributed by atoms with Gasteiger partial charge >= 0.3 is 0 Å². The lowest BCUT2D eigenvalue weighted by Gasteiger charge is -2.51. The second-order valence-electron chi connectivity index (χ2n) is 17.8. The van der Waals surface area contributed by atoms with Crippen LogP contribution in [0.1, 0.15) is 113 Å². The molecule has 6 aromatic carbocycles. The summed E-state index contributed by atoms with van der Waals surface area (Å²) in [5.74, 6) is 0.474. The summed E-state index contributed by atoms with van der Waals surface area (Å²) in [6.45, 7) is 14.3. The van der Waals surface area contributed by atoms with Crippen molar-refractivity contribution in [2.24, 2.45) is 0 Å². The molecule has 292 valence electrons. The van der Waals surface area contributed by atoms with E-state index in [-0.39, 0.29) is 22.5 Å². The summed E-state index contributed by atoms with van der Waals surface area (Å²) in [6, 6.07) is 42.4. The summed E-state index contributed by atoms with van der Waals surface area (Å²) in [7, 11) is 1.94. The Labute approximate surface area is 341 Å². The molecule has 2 aliphatic heterocycles. The maximum Gasteiger partial charge on any atom is 0.255 e. The molecule has 0 radical (unpaired) electrons. The average Bonchev–Trinajstić information content (AvgIpc) is 3.48. The quantitative estimate of drug-likeness (QED) is 0.165. The van der Waals surface area contributed by atoms with E-state index in [1.165, 1.54) is 27.8 Å². The topological polar surface area (TPSA) is 76.7 Å². The first kappa shape index (κ1) is 37.4. The molecule has 6 nitrogen and oxygen atoms in total. The molecule has 58 heavy (non-hydrogen) atoms. The largest absolute Gasteiger partial charge is 0.452 e. The standard InChI is InChI=1S/C52H50N2O4/c1-31-25-46-44(27-40(31)33(3)55)49(4,5)29-51(57-46)30-50(6,7)45-28-41(32(2)26-47(45)58-51)48(56)54-37-23-19-35(20-24-37)52(34-17-21-36(53-8)22-18-34)42-15-11-9-13-38(42)39-14-10-12-16-43(39)52/h9-28,53H,29-30H2,1-8H3,(H,54,56). The van der Waals surface area contributed by atoms with Crippen molar-refractivity contribution in [1.82, 2.24) is 0 Å². The molecule has 1 spiro atoms. The number of Topliss-reactive ketones (excluding diaryl/α,β-unsaturated/α-hetero) is 1. The van der Waals surface area contributed by atoms with Crippen molar-refractivity contribution in [2.75, 3.05) is 17.7 Å². The monoisotopic (exact) mass is 766 g/mol. The lowest BCUT2D eigenvalue weighted by atomic mass is 9.67. The van der Waals surface area contributed by atoms with Crippen LogP contribution in [0.5, 0.6) is 11.5 Å². The zero-order chi connectivity index (χ0) is 40.8. The minimum Gasteiger partial charge on any atom is -0.452 e. The highest BCUT2D eigenvalue weighted by atomic mass is 16.7. The number of hydrogen-bond donors (Lipinski definition) is 2. The summed E-state index contributed by atoms with van der Waals surface area (Å²) in [4.78, 5) is 26.6. The third-order valence-electron chi connectivity index (χ3n) is 12.9. The Balaban J connectivity index is 1.03. The lowest BCUT2D eigenvalue weighted by Crippen LogP contribution is -2.55. The van der Waals surface area contributed by atoms with Crippen LogP contribution in [-0.2, 0) is 16.2 Å². The van der Waals surface area contributed by atoms with E-state index in [1.807, 2.05) is 57.3 Å². The minimum atomic E-state index is -0.901. The Morgan fingerprint density at radius 2 is 1.02 bits per heavy atom. The molecule has 0 aromatic heterocycles. The number of aryl methyl sites for hydroxylation is 2. The SMILES string of the molecule is CNc1ccc(C2(c3ccc(NC(=O)c4cc5c(cc4C)OC4(CC(C)(C)c6cc(C(C)=O)c(C)cc6O4)CC5(C)C)cc3)c3ccccc3-c3ccccc32)cc1. The van der Waals surface area contributed by atoms with E-state index in [2.05, 4.69) is 123 Å². The van der Waals surface area contributed by atoms with Crippen LogP contribution in [0.4, 0.5) is 11.4 Å². The first-order valence-electron chi connectivity index (χ1n) is 20.2. The van der Waals surface area contributed by atoms with E-state index in [4.69, 9.17) is 9.47 Å². The van der Waals surface area contributed by atoms with Crippen LogP contribution in [0.3, 0.4) is 0 Å². The number of ether oxygens (including phenoxy) is 2. The van der Waals surface area contributed by atoms with Gasteiger partial charge in [0.15, 0.2) is 5.78 Å². The zero-order valence-corrected chi connectivity index (χ0v) is 34.6. The van der Waals surface area contributed by atoms with E-state index in [0.29, 0.717) is 18.4 Å². The zero-order valence-electron chi connectivity index (χ0n) is 34.6. The van der Waals surface area contributed by atoms with Gasteiger partial charge in [-0.15, -0.1) is 0 Å². The second kappa shape index (κ2) is 13.2. The second-order valence-corrected chi connectivity index (χ2v) is 17.8. The molecule has 0 saturated carbocycles. The summed E-state index contributed by atoms with van der Waals surface area (Å²) in [5, 5.41) is 6.48. The van der Waals surface area contributed by atoms with Gasteiger partial charge in [-0.1, -0.05) is 100 Å². The van der Waals surface area contributed by atoms with Crippen molar-refractivity contribution >= 4 is 23.1 Å². The van der Waals surface area contributed by atoms with Gasteiger partial charge in [-0.05, 0) is 114 Å². The van der Waals surface area contributed by atoms with Gasteiger partial charge in [-0.3, -0.25) is 9.59 Å².